The molecule has 1 atom stereocenters. The lowest BCUT2D eigenvalue weighted by Gasteiger charge is -2.28. The third-order valence-corrected chi connectivity index (χ3v) is 5.99. The molecule has 0 amide bonds. The minimum atomic E-state index is -2.97. The molecule has 0 aromatic heterocycles. The van der Waals surface area contributed by atoms with Gasteiger partial charge in [0.25, 0.3) is 0 Å². The molecule has 0 bridgehead atoms. The van der Waals surface area contributed by atoms with Crippen LogP contribution >= 0.6 is 0 Å². The summed E-state index contributed by atoms with van der Waals surface area (Å²) >= 11 is 0. The van der Waals surface area contributed by atoms with Crippen molar-refractivity contribution in [2.45, 2.75) is 57.8 Å². The molecule has 2 aliphatic rings. The molecule has 0 saturated carbocycles. The SMILES string of the molecule is CC1(C)CC(NCCN2CCCS2(=O)=O)C(C)(C)O1. The van der Waals surface area contributed by atoms with Crippen LogP contribution in [0.25, 0.3) is 0 Å². The number of rotatable bonds is 4. The molecule has 112 valence electrons. The zero-order valence-electron chi connectivity index (χ0n) is 12.4. The second-order valence-corrected chi connectivity index (χ2v) is 8.83. The predicted octanol–water partition coefficient (Wildman–Crippen LogP) is 0.958. The minimum absolute atomic E-state index is 0.110. The monoisotopic (exact) mass is 290 g/mol. The van der Waals surface area contributed by atoms with E-state index >= 15 is 0 Å². The van der Waals surface area contributed by atoms with Crippen LogP contribution in [0.2, 0.25) is 0 Å². The highest BCUT2D eigenvalue weighted by atomic mass is 32.2. The lowest BCUT2D eigenvalue weighted by molar-refractivity contribution is -0.0697. The molecule has 19 heavy (non-hydrogen) atoms. The van der Waals surface area contributed by atoms with E-state index in [1.807, 2.05) is 0 Å². The Morgan fingerprint density at radius 3 is 2.47 bits per heavy atom. The minimum Gasteiger partial charge on any atom is -0.368 e. The molecule has 0 aliphatic carbocycles. The number of sulfonamides is 1. The molecule has 1 unspecified atom stereocenters. The van der Waals surface area contributed by atoms with E-state index in [4.69, 9.17) is 4.74 Å². The summed E-state index contributed by atoms with van der Waals surface area (Å²) in [5.74, 6) is 0.304. The molecule has 2 heterocycles. The summed E-state index contributed by atoms with van der Waals surface area (Å²) in [7, 11) is -2.97. The van der Waals surface area contributed by atoms with Gasteiger partial charge in [0.05, 0.1) is 17.0 Å². The van der Waals surface area contributed by atoms with Crippen molar-refractivity contribution in [3.63, 3.8) is 0 Å². The molecule has 0 aromatic carbocycles. The molecule has 0 aromatic rings. The van der Waals surface area contributed by atoms with Crippen LogP contribution in [0.4, 0.5) is 0 Å². The lowest BCUT2D eigenvalue weighted by Crippen LogP contribution is -2.46. The molecule has 0 radical (unpaired) electrons. The molecule has 5 nitrogen and oxygen atoms in total. The molecule has 6 heteroatoms. The van der Waals surface area contributed by atoms with E-state index in [2.05, 4.69) is 33.0 Å². The normalized spacial score (nSPS) is 32.7. The molecular formula is C13H26N2O3S. The fraction of sp³-hybridized carbons (Fsp3) is 1.00. The summed E-state index contributed by atoms with van der Waals surface area (Å²) in [6, 6.07) is 0.271. The average Bonchev–Trinajstić information content (AvgIpc) is 2.64. The Labute approximate surface area is 116 Å². The molecule has 2 rings (SSSR count). The fourth-order valence-electron chi connectivity index (χ4n) is 3.19. The molecule has 2 saturated heterocycles. The maximum Gasteiger partial charge on any atom is 0.214 e. The summed E-state index contributed by atoms with van der Waals surface area (Å²) in [6.07, 6.45) is 1.71. The van der Waals surface area contributed by atoms with Crippen LogP contribution < -0.4 is 5.32 Å². The first-order valence-electron chi connectivity index (χ1n) is 7.04. The van der Waals surface area contributed by atoms with Crippen molar-refractivity contribution in [2.24, 2.45) is 0 Å². The summed E-state index contributed by atoms with van der Waals surface area (Å²) in [6.45, 7) is 10.3. The maximum absolute atomic E-state index is 11.7. The smallest absolute Gasteiger partial charge is 0.214 e. The Kier molecular flexibility index (Phi) is 3.99. The first kappa shape index (κ1) is 15.2. The standard InChI is InChI=1S/C13H26N2O3S/c1-12(2)10-11(13(3,4)18-12)14-6-8-15-7-5-9-19(15,16)17/h11,14H,5-10H2,1-4H3. The van der Waals surface area contributed by atoms with Crippen LogP contribution in [-0.2, 0) is 14.8 Å². The van der Waals surface area contributed by atoms with Gasteiger partial charge in [0.2, 0.25) is 10.0 Å². The Hall–Kier alpha value is -0.170. The van der Waals surface area contributed by atoms with Crippen LogP contribution in [0.5, 0.6) is 0 Å². The van der Waals surface area contributed by atoms with Crippen molar-refractivity contribution >= 4 is 10.0 Å². The van der Waals surface area contributed by atoms with Gasteiger partial charge in [0, 0.05) is 25.7 Å². The van der Waals surface area contributed by atoms with Crippen molar-refractivity contribution in [3.8, 4) is 0 Å². The molecule has 2 fully saturated rings. The van der Waals surface area contributed by atoms with E-state index in [0.717, 1.165) is 12.8 Å². The first-order chi connectivity index (χ1) is 8.62. The molecular weight excluding hydrogens is 264 g/mol. The van der Waals surface area contributed by atoms with E-state index < -0.39 is 10.0 Å². The Bertz CT molecular complexity index is 431. The van der Waals surface area contributed by atoms with Gasteiger partial charge in [0.1, 0.15) is 0 Å². The van der Waals surface area contributed by atoms with Crippen LogP contribution in [-0.4, -0.2) is 55.4 Å². The van der Waals surface area contributed by atoms with Gasteiger partial charge >= 0.3 is 0 Å². The third kappa shape index (κ3) is 3.48. The zero-order chi connectivity index (χ0) is 14.3. The van der Waals surface area contributed by atoms with Crippen LogP contribution in [0.3, 0.4) is 0 Å². The molecule has 2 aliphatic heterocycles. The number of hydrogen-bond acceptors (Lipinski definition) is 4. The summed E-state index contributed by atoms with van der Waals surface area (Å²) in [5.41, 5.74) is -0.311. The average molecular weight is 290 g/mol. The van der Waals surface area contributed by atoms with Crippen LogP contribution in [0, 0.1) is 0 Å². The van der Waals surface area contributed by atoms with Gasteiger partial charge in [-0.15, -0.1) is 0 Å². The van der Waals surface area contributed by atoms with E-state index in [1.165, 1.54) is 0 Å². The van der Waals surface area contributed by atoms with Crippen LogP contribution in [0.15, 0.2) is 0 Å². The van der Waals surface area contributed by atoms with Gasteiger partial charge in [0.15, 0.2) is 0 Å². The summed E-state index contributed by atoms with van der Waals surface area (Å²) in [5, 5.41) is 3.46. The maximum atomic E-state index is 11.7. The van der Waals surface area contributed by atoms with E-state index in [0.29, 0.717) is 25.4 Å². The molecule has 1 N–H and O–H groups in total. The second kappa shape index (κ2) is 4.98. The van der Waals surface area contributed by atoms with Crippen molar-refractivity contribution in [1.82, 2.24) is 9.62 Å². The molecule has 0 spiro atoms. The van der Waals surface area contributed by atoms with Crippen molar-refractivity contribution in [1.29, 1.82) is 0 Å². The number of nitrogens with zero attached hydrogens (tertiary/aromatic N) is 1. The Morgan fingerprint density at radius 1 is 1.32 bits per heavy atom. The van der Waals surface area contributed by atoms with E-state index in [9.17, 15) is 8.42 Å². The van der Waals surface area contributed by atoms with E-state index in [1.54, 1.807) is 4.31 Å². The van der Waals surface area contributed by atoms with Crippen molar-refractivity contribution < 1.29 is 13.2 Å². The van der Waals surface area contributed by atoms with Gasteiger partial charge in [-0.2, -0.15) is 0 Å². The van der Waals surface area contributed by atoms with Crippen molar-refractivity contribution in [2.75, 3.05) is 25.4 Å². The fourth-order valence-corrected chi connectivity index (χ4v) is 4.71. The predicted molar refractivity (Wildman–Crippen MR) is 75.6 cm³/mol. The van der Waals surface area contributed by atoms with Gasteiger partial charge in [-0.1, -0.05) is 0 Å². The quantitative estimate of drug-likeness (QED) is 0.838. The highest BCUT2D eigenvalue weighted by molar-refractivity contribution is 7.89. The van der Waals surface area contributed by atoms with Gasteiger partial charge in [-0.3, -0.25) is 0 Å². The Balaban J connectivity index is 1.83. The topological polar surface area (TPSA) is 58.6 Å². The first-order valence-corrected chi connectivity index (χ1v) is 8.65. The second-order valence-electron chi connectivity index (χ2n) is 6.74. The highest BCUT2D eigenvalue weighted by Crippen LogP contribution is 2.37. The third-order valence-electron chi connectivity index (χ3n) is 4.03. The van der Waals surface area contributed by atoms with Gasteiger partial charge in [-0.05, 0) is 40.5 Å². The largest absolute Gasteiger partial charge is 0.368 e. The zero-order valence-corrected chi connectivity index (χ0v) is 13.2. The number of nitrogens with one attached hydrogen (secondary N) is 1. The lowest BCUT2D eigenvalue weighted by atomic mass is 9.94. The van der Waals surface area contributed by atoms with E-state index in [-0.39, 0.29) is 17.2 Å². The van der Waals surface area contributed by atoms with Crippen molar-refractivity contribution in [3.05, 3.63) is 0 Å². The van der Waals surface area contributed by atoms with Crippen LogP contribution in [0.1, 0.15) is 40.5 Å². The number of hydrogen-bond donors (Lipinski definition) is 1. The summed E-state index contributed by atoms with van der Waals surface area (Å²) < 4.78 is 31.0. The highest BCUT2D eigenvalue weighted by Gasteiger charge is 2.45. The van der Waals surface area contributed by atoms with Gasteiger partial charge < -0.3 is 10.1 Å². The van der Waals surface area contributed by atoms with Gasteiger partial charge in [-0.25, -0.2) is 12.7 Å². The Morgan fingerprint density at radius 2 is 2.00 bits per heavy atom. The number of ether oxygens (including phenoxy) is 1. The summed E-state index contributed by atoms with van der Waals surface area (Å²) in [4.78, 5) is 0.